The topological polar surface area (TPSA) is 4.93 Å². The summed E-state index contributed by atoms with van der Waals surface area (Å²) in [7, 11) is 0. The van der Waals surface area contributed by atoms with Gasteiger partial charge in [-0.25, -0.2) is 0 Å². The van der Waals surface area contributed by atoms with Crippen molar-refractivity contribution in [3.05, 3.63) is 41.0 Å². The minimum Gasteiger partial charge on any atom is -0.316 e. The highest BCUT2D eigenvalue weighted by atomic mass is 32.1. The summed E-state index contributed by atoms with van der Waals surface area (Å²) in [5.41, 5.74) is 1.43. The quantitative estimate of drug-likeness (QED) is 0.718. The molecule has 2 aromatic heterocycles. The Morgan fingerprint density at radius 2 is 2.00 bits per heavy atom. The van der Waals surface area contributed by atoms with Gasteiger partial charge in [-0.2, -0.15) is 0 Å². The third kappa shape index (κ3) is 1.75. The van der Waals surface area contributed by atoms with Gasteiger partial charge in [-0.15, -0.1) is 11.3 Å². The molecule has 0 saturated carbocycles. The van der Waals surface area contributed by atoms with Crippen LogP contribution in [0.4, 0.5) is 0 Å². The van der Waals surface area contributed by atoms with Crippen molar-refractivity contribution >= 4 is 11.3 Å². The first kappa shape index (κ1) is 9.53. The van der Waals surface area contributed by atoms with E-state index in [2.05, 4.69) is 49.0 Å². The van der Waals surface area contributed by atoms with Gasteiger partial charge in [0.25, 0.3) is 0 Å². The fraction of sp³-hybridized carbons (Fsp3) is 0.333. The molecular formula is C12H15NS. The fourth-order valence-corrected chi connectivity index (χ4v) is 2.83. The molecule has 0 amide bonds. The second kappa shape index (κ2) is 4.01. The van der Waals surface area contributed by atoms with Crippen LogP contribution in [-0.4, -0.2) is 4.57 Å². The third-order valence-electron chi connectivity index (χ3n) is 2.34. The first-order valence-corrected chi connectivity index (χ1v) is 5.85. The number of thiophene rings is 1. The molecule has 0 unspecified atom stereocenters. The van der Waals surface area contributed by atoms with Crippen LogP contribution in [0.25, 0.3) is 5.00 Å². The Hall–Kier alpha value is -1.02. The molecule has 0 saturated heterocycles. The van der Waals surface area contributed by atoms with Crippen LogP contribution in [0.2, 0.25) is 0 Å². The number of aromatic nitrogens is 1. The minimum absolute atomic E-state index is 1.21. The zero-order chi connectivity index (χ0) is 9.97. The lowest BCUT2D eigenvalue weighted by molar-refractivity contribution is 0.933. The van der Waals surface area contributed by atoms with E-state index in [1.165, 1.54) is 28.3 Å². The predicted octanol–water partition coefficient (Wildman–Crippen LogP) is 3.80. The van der Waals surface area contributed by atoms with Crippen molar-refractivity contribution in [1.82, 2.24) is 4.57 Å². The highest BCUT2D eigenvalue weighted by Crippen LogP contribution is 2.26. The smallest absolute Gasteiger partial charge is 0.0995 e. The summed E-state index contributed by atoms with van der Waals surface area (Å²) in [5.74, 6) is 0. The van der Waals surface area contributed by atoms with Crippen molar-refractivity contribution in [3.8, 4) is 5.00 Å². The van der Waals surface area contributed by atoms with Gasteiger partial charge in [-0.1, -0.05) is 13.3 Å². The Morgan fingerprint density at radius 3 is 2.64 bits per heavy atom. The van der Waals surface area contributed by atoms with Gasteiger partial charge in [0.05, 0.1) is 5.00 Å². The molecule has 0 atom stereocenters. The molecule has 0 fully saturated rings. The molecule has 0 radical (unpaired) electrons. The maximum Gasteiger partial charge on any atom is 0.0995 e. The number of nitrogens with zero attached hydrogens (tertiary/aromatic N) is 1. The number of hydrogen-bond donors (Lipinski definition) is 0. The number of rotatable bonds is 3. The van der Waals surface area contributed by atoms with Crippen molar-refractivity contribution in [2.45, 2.75) is 26.7 Å². The van der Waals surface area contributed by atoms with E-state index >= 15 is 0 Å². The van der Waals surface area contributed by atoms with Gasteiger partial charge in [0, 0.05) is 17.3 Å². The Morgan fingerprint density at radius 1 is 1.29 bits per heavy atom. The molecule has 0 N–H and O–H groups in total. The summed E-state index contributed by atoms with van der Waals surface area (Å²) in [5, 5.41) is 1.33. The Kier molecular flexibility index (Phi) is 2.73. The molecule has 0 aromatic carbocycles. The Balaban J connectivity index is 2.33. The molecule has 0 aliphatic heterocycles. The van der Waals surface area contributed by atoms with Gasteiger partial charge < -0.3 is 4.57 Å². The molecule has 1 nitrogen and oxygen atoms in total. The van der Waals surface area contributed by atoms with E-state index in [9.17, 15) is 0 Å². The van der Waals surface area contributed by atoms with Crippen LogP contribution in [0.5, 0.6) is 0 Å². The maximum atomic E-state index is 2.27. The van der Waals surface area contributed by atoms with E-state index in [-0.39, 0.29) is 0 Å². The summed E-state index contributed by atoms with van der Waals surface area (Å²) in [6.07, 6.45) is 6.63. The molecule has 74 valence electrons. The van der Waals surface area contributed by atoms with Gasteiger partial charge in [0.2, 0.25) is 0 Å². The predicted molar refractivity (Wildman–Crippen MR) is 62.4 cm³/mol. The molecule has 14 heavy (non-hydrogen) atoms. The van der Waals surface area contributed by atoms with Crippen LogP contribution in [0.1, 0.15) is 23.8 Å². The first-order valence-electron chi connectivity index (χ1n) is 5.04. The maximum absolute atomic E-state index is 2.27. The lowest BCUT2D eigenvalue weighted by Gasteiger charge is -1.95. The van der Waals surface area contributed by atoms with Gasteiger partial charge >= 0.3 is 0 Å². The normalized spacial score (nSPS) is 10.7. The Labute approximate surface area is 89.0 Å². The van der Waals surface area contributed by atoms with Crippen LogP contribution >= 0.6 is 11.3 Å². The molecule has 2 heteroatoms. The van der Waals surface area contributed by atoms with E-state index in [4.69, 9.17) is 0 Å². The summed E-state index contributed by atoms with van der Waals surface area (Å²) in [4.78, 5) is 1.52. The largest absolute Gasteiger partial charge is 0.316 e. The van der Waals surface area contributed by atoms with E-state index in [0.717, 1.165) is 0 Å². The molecule has 0 aliphatic carbocycles. The average Bonchev–Trinajstić information content (AvgIpc) is 2.76. The molecule has 0 spiro atoms. The fourth-order valence-electron chi connectivity index (χ4n) is 1.59. The summed E-state index contributed by atoms with van der Waals surface area (Å²) < 4.78 is 2.18. The Bertz CT molecular complexity index is 398. The minimum atomic E-state index is 1.21. The highest BCUT2D eigenvalue weighted by Gasteiger charge is 2.05. The van der Waals surface area contributed by atoms with Crippen molar-refractivity contribution < 1.29 is 0 Å². The van der Waals surface area contributed by atoms with Crippen LogP contribution < -0.4 is 0 Å². The van der Waals surface area contributed by atoms with E-state index in [0.29, 0.717) is 0 Å². The van der Waals surface area contributed by atoms with Crippen molar-refractivity contribution in [2.24, 2.45) is 0 Å². The molecule has 2 heterocycles. The van der Waals surface area contributed by atoms with Crippen molar-refractivity contribution in [3.63, 3.8) is 0 Å². The van der Waals surface area contributed by atoms with E-state index < -0.39 is 0 Å². The second-order valence-electron chi connectivity index (χ2n) is 3.53. The summed E-state index contributed by atoms with van der Waals surface area (Å²) in [6.45, 7) is 4.43. The standard InChI is InChI=1S/C12H15NS/c1-3-6-11-10(2)9-12(14-11)13-7-4-5-8-13/h4-5,7-9H,3,6H2,1-2H3. The lowest BCUT2D eigenvalue weighted by atomic mass is 10.2. The van der Waals surface area contributed by atoms with Crippen molar-refractivity contribution in [1.29, 1.82) is 0 Å². The van der Waals surface area contributed by atoms with Crippen LogP contribution in [-0.2, 0) is 6.42 Å². The van der Waals surface area contributed by atoms with Gasteiger partial charge in [0.15, 0.2) is 0 Å². The monoisotopic (exact) mass is 205 g/mol. The summed E-state index contributed by atoms with van der Waals surface area (Å²) in [6, 6.07) is 6.40. The first-order chi connectivity index (χ1) is 6.81. The molecule has 2 rings (SSSR count). The van der Waals surface area contributed by atoms with E-state index in [1.54, 1.807) is 0 Å². The van der Waals surface area contributed by atoms with Crippen LogP contribution in [0.15, 0.2) is 30.6 Å². The summed E-state index contributed by atoms with van der Waals surface area (Å²) >= 11 is 1.90. The SMILES string of the molecule is CCCc1sc(-n2cccc2)cc1C. The number of aryl methyl sites for hydroxylation is 2. The zero-order valence-corrected chi connectivity index (χ0v) is 9.47. The van der Waals surface area contributed by atoms with Crippen molar-refractivity contribution in [2.75, 3.05) is 0 Å². The average molecular weight is 205 g/mol. The zero-order valence-electron chi connectivity index (χ0n) is 8.66. The second-order valence-corrected chi connectivity index (χ2v) is 4.65. The molecule has 0 bridgehead atoms. The van der Waals surface area contributed by atoms with E-state index in [1.807, 2.05) is 11.3 Å². The lowest BCUT2D eigenvalue weighted by Crippen LogP contribution is -1.82. The molecular weight excluding hydrogens is 190 g/mol. The number of hydrogen-bond acceptors (Lipinski definition) is 1. The van der Waals surface area contributed by atoms with Crippen LogP contribution in [0.3, 0.4) is 0 Å². The van der Waals surface area contributed by atoms with Gasteiger partial charge in [0.1, 0.15) is 0 Å². The van der Waals surface area contributed by atoms with Gasteiger partial charge in [-0.05, 0) is 37.1 Å². The highest BCUT2D eigenvalue weighted by molar-refractivity contribution is 7.14. The van der Waals surface area contributed by atoms with Gasteiger partial charge in [-0.3, -0.25) is 0 Å². The third-order valence-corrected chi connectivity index (χ3v) is 3.65. The molecule has 0 aliphatic rings. The molecule has 2 aromatic rings. The van der Waals surface area contributed by atoms with Crippen LogP contribution in [0, 0.1) is 6.92 Å².